The average molecular weight is 330 g/mol. The number of thiazole rings is 1. The Morgan fingerprint density at radius 2 is 2.04 bits per heavy atom. The van der Waals surface area contributed by atoms with E-state index < -0.39 is 11.1 Å². The minimum absolute atomic E-state index is 0.247. The average Bonchev–Trinajstić information content (AvgIpc) is 2.96. The van der Waals surface area contributed by atoms with E-state index in [0.717, 1.165) is 15.4 Å². The second-order valence-electron chi connectivity index (χ2n) is 5.04. The monoisotopic (exact) mass is 330 g/mol. The van der Waals surface area contributed by atoms with Crippen LogP contribution in [0, 0.1) is 6.92 Å². The SMILES string of the molecule is Cc1csc(CNC(=O)Cn2[nH]c(=O)c3ccccc3c2=O)n1. The van der Waals surface area contributed by atoms with E-state index in [4.69, 9.17) is 0 Å². The van der Waals surface area contributed by atoms with E-state index in [1.807, 2.05) is 12.3 Å². The standard InChI is InChI=1S/C15H14N4O3S/c1-9-8-23-13(17-9)6-16-12(20)7-19-15(22)11-5-3-2-4-10(11)14(21)18-19/h2-5,8H,6-7H2,1H3,(H,16,20)(H,18,21). The number of amides is 1. The molecule has 2 heterocycles. The summed E-state index contributed by atoms with van der Waals surface area (Å²) in [5.74, 6) is -0.370. The highest BCUT2D eigenvalue weighted by Gasteiger charge is 2.10. The van der Waals surface area contributed by atoms with Crippen LogP contribution in [-0.2, 0) is 17.9 Å². The van der Waals surface area contributed by atoms with Gasteiger partial charge in [0.05, 0.1) is 17.3 Å². The molecule has 3 aromatic rings. The molecule has 0 unspecified atom stereocenters. The van der Waals surface area contributed by atoms with Gasteiger partial charge in [-0.2, -0.15) is 0 Å². The maximum absolute atomic E-state index is 12.3. The minimum Gasteiger partial charge on any atom is -0.348 e. The Morgan fingerprint density at radius 1 is 1.30 bits per heavy atom. The highest BCUT2D eigenvalue weighted by atomic mass is 32.1. The predicted molar refractivity (Wildman–Crippen MR) is 87.5 cm³/mol. The summed E-state index contributed by atoms with van der Waals surface area (Å²) >= 11 is 1.45. The Morgan fingerprint density at radius 3 is 2.74 bits per heavy atom. The Labute approximate surface area is 134 Å². The Balaban J connectivity index is 1.78. The summed E-state index contributed by atoms with van der Waals surface area (Å²) in [7, 11) is 0. The summed E-state index contributed by atoms with van der Waals surface area (Å²) in [4.78, 5) is 40.5. The highest BCUT2D eigenvalue weighted by molar-refractivity contribution is 7.09. The number of carbonyl (C=O) groups excluding carboxylic acids is 1. The third-order valence-corrected chi connectivity index (χ3v) is 4.26. The third-order valence-electron chi connectivity index (χ3n) is 3.29. The van der Waals surface area contributed by atoms with Crippen LogP contribution in [0.4, 0.5) is 0 Å². The van der Waals surface area contributed by atoms with Crippen molar-refractivity contribution in [2.75, 3.05) is 0 Å². The van der Waals surface area contributed by atoms with Crippen molar-refractivity contribution >= 4 is 28.0 Å². The first kappa shape index (κ1) is 15.2. The predicted octanol–water partition coefficient (Wildman–Crippen LogP) is 0.771. The van der Waals surface area contributed by atoms with Gasteiger partial charge in [0.1, 0.15) is 11.6 Å². The number of aromatic amines is 1. The summed E-state index contributed by atoms with van der Waals surface area (Å²) < 4.78 is 1.02. The summed E-state index contributed by atoms with van der Waals surface area (Å²) in [6.45, 7) is 1.92. The van der Waals surface area contributed by atoms with Crippen LogP contribution in [0.5, 0.6) is 0 Å². The van der Waals surface area contributed by atoms with E-state index in [2.05, 4.69) is 15.4 Å². The molecule has 0 saturated carbocycles. The zero-order valence-electron chi connectivity index (χ0n) is 12.3. The summed E-state index contributed by atoms with van der Waals surface area (Å²) in [5, 5.41) is 8.40. The maximum atomic E-state index is 12.3. The van der Waals surface area contributed by atoms with E-state index in [-0.39, 0.29) is 12.5 Å². The lowest BCUT2D eigenvalue weighted by Crippen LogP contribution is -2.36. The molecule has 0 aliphatic rings. The number of benzene rings is 1. The van der Waals surface area contributed by atoms with E-state index >= 15 is 0 Å². The molecule has 8 heteroatoms. The molecule has 0 radical (unpaired) electrons. The van der Waals surface area contributed by atoms with Crippen LogP contribution in [0.2, 0.25) is 0 Å². The Bertz CT molecular complexity index is 986. The van der Waals surface area contributed by atoms with Gasteiger partial charge in [0, 0.05) is 11.1 Å². The molecule has 0 fully saturated rings. The van der Waals surface area contributed by atoms with Gasteiger partial charge in [-0.05, 0) is 19.1 Å². The number of carbonyl (C=O) groups is 1. The molecule has 1 aromatic carbocycles. The van der Waals surface area contributed by atoms with Crippen molar-refractivity contribution in [3.05, 3.63) is 61.1 Å². The van der Waals surface area contributed by atoms with E-state index in [0.29, 0.717) is 17.3 Å². The number of rotatable bonds is 4. The largest absolute Gasteiger partial charge is 0.348 e. The van der Waals surface area contributed by atoms with Crippen LogP contribution < -0.4 is 16.4 Å². The van der Waals surface area contributed by atoms with Gasteiger partial charge in [-0.1, -0.05) is 12.1 Å². The lowest BCUT2D eigenvalue weighted by molar-refractivity contribution is -0.122. The summed E-state index contributed by atoms with van der Waals surface area (Å²) in [6, 6.07) is 6.51. The first-order valence-electron chi connectivity index (χ1n) is 6.94. The third kappa shape index (κ3) is 3.21. The highest BCUT2D eigenvalue weighted by Crippen LogP contribution is 2.07. The quantitative estimate of drug-likeness (QED) is 0.738. The molecule has 0 atom stereocenters. The summed E-state index contributed by atoms with van der Waals surface area (Å²) in [5.41, 5.74) is 0.0957. The molecule has 0 aliphatic carbocycles. The van der Waals surface area contributed by atoms with E-state index in [1.165, 1.54) is 11.3 Å². The molecule has 118 valence electrons. The molecule has 0 aliphatic heterocycles. The van der Waals surface area contributed by atoms with E-state index in [1.54, 1.807) is 24.3 Å². The normalized spacial score (nSPS) is 10.8. The molecular formula is C15H14N4O3S. The fourth-order valence-electron chi connectivity index (χ4n) is 2.22. The Hall–Kier alpha value is -2.74. The number of nitrogens with zero attached hydrogens (tertiary/aromatic N) is 2. The zero-order chi connectivity index (χ0) is 16.4. The maximum Gasteiger partial charge on any atom is 0.273 e. The van der Waals surface area contributed by atoms with Crippen molar-refractivity contribution in [3.63, 3.8) is 0 Å². The second kappa shape index (κ2) is 6.17. The number of nitrogens with one attached hydrogen (secondary N) is 2. The van der Waals surface area contributed by atoms with Gasteiger partial charge in [-0.15, -0.1) is 11.3 Å². The van der Waals surface area contributed by atoms with Crippen LogP contribution in [0.3, 0.4) is 0 Å². The molecule has 3 rings (SSSR count). The minimum atomic E-state index is -0.402. The fourth-order valence-corrected chi connectivity index (χ4v) is 2.93. The van der Waals surface area contributed by atoms with Gasteiger partial charge in [-0.25, -0.2) is 9.67 Å². The van der Waals surface area contributed by atoms with Gasteiger partial charge in [0.25, 0.3) is 11.1 Å². The first-order chi connectivity index (χ1) is 11.0. The second-order valence-corrected chi connectivity index (χ2v) is 5.98. The number of fused-ring (bicyclic) bond motifs is 1. The van der Waals surface area contributed by atoms with Crippen LogP contribution in [-0.4, -0.2) is 20.7 Å². The summed E-state index contributed by atoms with van der Waals surface area (Å²) in [6.07, 6.45) is 0. The van der Waals surface area contributed by atoms with Crippen molar-refractivity contribution in [3.8, 4) is 0 Å². The van der Waals surface area contributed by atoms with Gasteiger partial charge in [0.15, 0.2) is 0 Å². The van der Waals surface area contributed by atoms with Crippen molar-refractivity contribution in [1.29, 1.82) is 0 Å². The van der Waals surface area contributed by atoms with Gasteiger partial charge < -0.3 is 5.32 Å². The molecule has 0 bridgehead atoms. The van der Waals surface area contributed by atoms with Crippen molar-refractivity contribution in [2.45, 2.75) is 20.0 Å². The van der Waals surface area contributed by atoms with Crippen LogP contribution >= 0.6 is 11.3 Å². The molecule has 7 nitrogen and oxygen atoms in total. The zero-order valence-corrected chi connectivity index (χ0v) is 13.1. The molecule has 0 saturated heterocycles. The number of aryl methyl sites for hydroxylation is 1. The molecule has 2 aromatic heterocycles. The lowest BCUT2D eigenvalue weighted by Gasteiger charge is -2.07. The lowest BCUT2D eigenvalue weighted by atomic mass is 10.2. The number of hydrogen-bond donors (Lipinski definition) is 2. The van der Waals surface area contributed by atoms with Crippen LogP contribution in [0.1, 0.15) is 10.7 Å². The van der Waals surface area contributed by atoms with E-state index in [9.17, 15) is 14.4 Å². The van der Waals surface area contributed by atoms with Gasteiger partial charge in [-0.3, -0.25) is 19.5 Å². The van der Waals surface area contributed by atoms with Crippen molar-refractivity contribution < 1.29 is 4.79 Å². The molecular weight excluding hydrogens is 316 g/mol. The fraction of sp³-hybridized carbons (Fsp3) is 0.200. The number of aromatic nitrogens is 3. The van der Waals surface area contributed by atoms with Crippen molar-refractivity contribution in [2.24, 2.45) is 0 Å². The van der Waals surface area contributed by atoms with Crippen LogP contribution in [0.25, 0.3) is 10.8 Å². The topological polar surface area (TPSA) is 96.9 Å². The van der Waals surface area contributed by atoms with Crippen molar-refractivity contribution in [1.82, 2.24) is 20.1 Å². The molecule has 23 heavy (non-hydrogen) atoms. The number of H-pyrrole nitrogens is 1. The molecule has 2 N–H and O–H groups in total. The van der Waals surface area contributed by atoms with Gasteiger partial charge in [0.2, 0.25) is 5.91 Å². The Kier molecular flexibility index (Phi) is 4.07. The van der Waals surface area contributed by atoms with Gasteiger partial charge >= 0.3 is 0 Å². The smallest absolute Gasteiger partial charge is 0.273 e. The first-order valence-corrected chi connectivity index (χ1v) is 7.82. The molecule has 0 spiro atoms. The van der Waals surface area contributed by atoms with Crippen LogP contribution in [0.15, 0.2) is 39.2 Å². The molecule has 1 amide bonds. The number of hydrogen-bond acceptors (Lipinski definition) is 5.